The Balaban J connectivity index is 1.61. The lowest BCUT2D eigenvalue weighted by Gasteiger charge is -2.22. The Kier molecular flexibility index (Phi) is 5.59. The Bertz CT molecular complexity index is 1330. The minimum atomic E-state index is -0.587. The average molecular weight is 444 g/mol. The van der Waals surface area contributed by atoms with E-state index in [1.165, 1.54) is 24.3 Å². The van der Waals surface area contributed by atoms with Gasteiger partial charge in [0.15, 0.2) is 0 Å². The molecule has 0 aliphatic rings. The van der Waals surface area contributed by atoms with E-state index in [9.17, 15) is 14.9 Å². The molecule has 0 unspecified atom stereocenters. The highest BCUT2D eigenvalue weighted by Crippen LogP contribution is 2.32. The minimum Gasteiger partial charge on any atom is -0.423 e. The van der Waals surface area contributed by atoms with Crippen molar-refractivity contribution in [1.29, 1.82) is 0 Å². The van der Waals surface area contributed by atoms with Crippen LogP contribution < -0.4 is 10.1 Å². The molecule has 0 saturated carbocycles. The molecule has 8 nitrogen and oxygen atoms in total. The number of fused-ring (bicyclic) bond motifs is 1. The number of aryl methyl sites for hydroxylation is 1. The highest BCUT2D eigenvalue weighted by molar-refractivity contribution is 5.91. The fourth-order valence-electron chi connectivity index (χ4n) is 3.39. The molecular weight excluding hydrogens is 420 g/mol. The molecule has 0 fully saturated rings. The number of hydrogen-bond acceptors (Lipinski definition) is 6. The topological polar surface area (TPSA) is 98.8 Å². The maximum absolute atomic E-state index is 12.4. The summed E-state index contributed by atoms with van der Waals surface area (Å²) in [6, 6.07) is 16.5. The highest BCUT2D eigenvalue weighted by atomic mass is 16.6. The van der Waals surface area contributed by atoms with Gasteiger partial charge in [-0.05, 0) is 81.8 Å². The monoisotopic (exact) mass is 444 g/mol. The second kappa shape index (κ2) is 8.38. The summed E-state index contributed by atoms with van der Waals surface area (Å²) in [6.07, 6.45) is 2.00. The summed E-state index contributed by atoms with van der Waals surface area (Å²) < 4.78 is 7.45. The summed E-state index contributed by atoms with van der Waals surface area (Å²) >= 11 is 0. The van der Waals surface area contributed by atoms with Crippen LogP contribution in [-0.4, -0.2) is 25.8 Å². The number of non-ortho nitro benzene ring substituents is 1. The number of carbonyl (C=O) groups is 1. The third-order valence-corrected chi connectivity index (χ3v) is 4.93. The number of anilines is 1. The van der Waals surface area contributed by atoms with E-state index >= 15 is 0 Å². The van der Waals surface area contributed by atoms with E-state index in [0.717, 1.165) is 28.3 Å². The van der Waals surface area contributed by atoms with E-state index < -0.39 is 10.9 Å². The Labute approximate surface area is 191 Å². The standard InChI is InChI=1S/C25H24N4O4/c1-16-13-14-28-21(15-16)26-22(23(28)27-25(2,3)4)17-7-11-20(12-8-17)33-24(30)18-5-9-19(10-6-18)29(31)32/h5-15,27H,1-4H3. The van der Waals surface area contributed by atoms with Crippen LogP contribution in [0.25, 0.3) is 16.9 Å². The van der Waals surface area contributed by atoms with Gasteiger partial charge in [-0.3, -0.25) is 14.5 Å². The van der Waals surface area contributed by atoms with Crippen LogP contribution in [0.4, 0.5) is 11.5 Å². The molecule has 1 N–H and O–H groups in total. The van der Waals surface area contributed by atoms with E-state index in [-0.39, 0.29) is 16.8 Å². The quantitative estimate of drug-likeness (QED) is 0.185. The number of benzene rings is 2. The number of aromatic nitrogens is 2. The smallest absolute Gasteiger partial charge is 0.343 e. The second-order valence-corrected chi connectivity index (χ2v) is 8.83. The fraction of sp³-hybridized carbons (Fsp3) is 0.200. The first kappa shape index (κ1) is 22.0. The zero-order valence-corrected chi connectivity index (χ0v) is 18.8. The van der Waals surface area contributed by atoms with Crippen LogP contribution >= 0.6 is 0 Å². The number of nitrogens with zero attached hydrogens (tertiary/aromatic N) is 3. The third kappa shape index (κ3) is 4.85. The predicted molar refractivity (Wildman–Crippen MR) is 127 cm³/mol. The number of ether oxygens (including phenoxy) is 1. The number of imidazole rings is 1. The summed E-state index contributed by atoms with van der Waals surface area (Å²) in [4.78, 5) is 27.5. The van der Waals surface area contributed by atoms with Crippen molar-refractivity contribution in [3.8, 4) is 17.0 Å². The van der Waals surface area contributed by atoms with Gasteiger partial charge in [-0.2, -0.15) is 0 Å². The summed E-state index contributed by atoms with van der Waals surface area (Å²) in [5.74, 6) is 0.663. The lowest BCUT2D eigenvalue weighted by molar-refractivity contribution is -0.384. The molecule has 0 radical (unpaired) electrons. The van der Waals surface area contributed by atoms with Crippen LogP contribution in [0.15, 0.2) is 66.9 Å². The summed E-state index contributed by atoms with van der Waals surface area (Å²) in [5.41, 5.74) is 3.60. The molecule has 0 bridgehead atoms. The Morgan fingerprint density at radius 2 is 1.73 bits per heavy atom. The number of hydrogen-bond donors (Lipinski definition) is 1. The van der Waals surface area contributed by atoms with Crippen molar-refractivity contribution in [2.75, 3.05) is 5.32 Å². The van der Waals surface area contributed by atoms with E-state index in [4.69, 9.17) is 9.72 Å². The van der Waals surface area contributed by atoms with Gasteiger partial charge in [0, 0.05) is 29.4 Å². The summed E-state index contributed by atoms with van der Waals surface area (Å²) in [5, 5.41) is 14.3. The Morgan fingerprint density at radius 1 is 1.06 bits per heavy atom. The molecule has 2 aromatic heterocycles. The lowest BCUT2D eigenvalue weighted by Crippen LogP contribution is -2.27. The lowest BCUT2D eigenvalue weighted by atomic mass is 10.1. The molecule has 8 heteroatoms. The van der Waals surface area contributed by atoms with Crippen LogP contribution in [-0.2, 0) is 0 Å². The first-order valence-electron chi connectivity index (χ1n) is 10.4. The fourth-order valence-corrected chi connectivity index (χ4v) is 3.39. The van der Waals surface area contributed by atoms with Crippen LogP contribution in [0.1, 0.15) is 36.7 Å². The Hall–Kier alpha value is -4.20. The van der Waals surface area contributed by atoms with Crippen molar-refractivity contribution in [2.45, 2.75) is 33.2 Å². The molecule has 0 saturated heterocycles. The van der Waals surface area contributed by atoms with Crippen molar-refractivity contribution in [1.82, 2.24) is 9.38 Å². The van der Waals surface area contributed by atoms with Crippen LogP contribution in [0.2, 0.25) is 0 Å². The van der Waals surface area contributed by atoms with Crippen molar-refractivity contribution in [2.24, 2.45) is 0 Å². The number of nitro groups is 1. The largest absolute Gasteiger partial charge is 0.423 e. The van der Waals surface area contributed by atoms with Gasteiger partial charge in [-0.1, -0.05) is 0 Å². The van der Waals surface area contributed by atoms with E-state index in [0.29, 0.717) is 5.75 Å². The number of pyridine rings is 1. The van der Waals surface area contributed by atoms with E-state index in [1.807, 2.05) is 41.8 Å². The average Bonchev–Trinajstić information content (AvgIpc) is 3.10. The van der Waals surface area contributed by atoms with Crippen molar-refractivity contribution >= 4 is 23.1 Å². The highest BCUT2D eigenvalue weighted by Gasteiger charge is 2.20. The number of carbonyl (C=O) groups excluding carboxylic acids is 1. The molecule has 4 rings (SSSR count). The molecule has 0 aliphatic carbocycles. The molecule has 2 aromatic carbocycles. The van der Waals surface area contributed by atoms with Crippen molar-refractivity contribution in [3.05, 3.63) is 88.1 Å². The zero-order chi connectivity index (χ0) is 23.8. The first-order chi connectivity index (χ1) is 15.6. The number of rotatable bonds is 5. The van der Waals surface area contributed by atoms with Gasteiger partial charge in [-0.15, -0.1) is 0 Å². The first-order valence-corrected chi connectivity index (χ1v) is 10.4. The van der Waals surface area contributed by atoms with Crippen molar-refractivity contribution in [3.63, 3.8) is 0 Å². The maximum atomic E-state index is 12.4. The number of nitro benzene ring substituents is 1. The molecule has 0 aliphatic heterocycles. The van der Waals surface area contributed by atoms with Gasteiger partial charge < -0.3 is 10.1 Å². The molecule has 0 amide bonds. The van der Waals surface area contributed by atoms with Gasteiger partial charge in [0.05, 0.1) is 10.5 Å². The minimum absolute atomic E-state index is 0.0850. The summed E-state index contributed by atoms with van der Waals surface area (Å²) in [6.45, 7) is 8.29. The van der Waals surface area contributed by atoms with E-state index in [2.05, 4.69) is 26.1 Å². The maximum Gasteiger partial charge on any atom is 0.343 e. The predicted octanol–water partition coefficient (Wildman–Crippen LogP) is 5.65. The van der Waals surface area contributed by atoms with Gasteiger partial charge in [-0.25, -0.2) is 9.78 Å². The van der Waals surface area contributed by atoms with Crippen LogP contribution in [0.3, 0.4) is 0 Å². The molecule has 168 valence electrons. The number of nitrogens with one attached hydrogen (secondary N) is 1. The van der Waals surface area contributed by atoms with Crippen LogP contribution in [0.5, 0.6) is 5.75 Å². The summed E-state index contributed by atoms with van der Waals surface area (Å²) in [7, 11) is 0. The zero-order valence-electron chi connectivity index (χ0n) is 18.8. The van der Waals surface area contributed by atoms with Crippen molar-refractivity contribution < 1.29 is 14.5 Å². The molecular formula is C25H24N4O4. The molecule has 2 heterocycles. The molecule has 33 heavy (non-hydrogen) atoms. The van der Waals surface area contributed by atoms with E-state index in [1.54, 1.807) is 12.1 Å². The van der Waals surface area contributed by atoms with Gasteiger partial charge in [0.2, 0.25) is 0 Å². The normalized spacial score (nSPS) is 11.4. The third-order valence-electron chi connectivity index (χ3n) is 4.93. The second-order valence-electron chi connectivity index (χ2n) is 8.83. The number of esters is 1. The van der Waals surface area contributed by atoms with Crippen LogP contribution in [0, 0.1) is 17.0 Å². The molecule has 0 atom stereocenters. The SMILES string of the molecule is Cc1ccn2c(NC(C)(C)C)c(-c3ccc(OC(=O)c4ccc([N+](=O)[O-])cc4)cc3)nc2c1. The molecule has 0 spiro atoms. The van der Waals surface area contributed by atoms with Gasteiger partial charge in [0.1, 0.15) is 22.9 Å². The van der Waals surface area contributed by atoms with Gasteiger partial charge in [0.25, 0.3) is 5.69 Å². The van der Waals surface area contributed by atoms with Gasteiger partial charge >= 0.3 is 5.97 Å². The Morgan fingerprint density at radius 3 is 2.33 bits per heavy atom. The molecule has 4 aromatic rings.